The minimum atomic E-state index is 0.569. The lowest BCUT2D eigenvalue weighted by molar-refractivity contribution is 0.338. The Bertz CT molecular complexity index is 498. The average Bonchev–Trinajstić information content (AvgIpc) is 2.47. The van der Waals surface area contributed by atoms with Crippen LogP contribution >= 0.6 is 0 Å². The van der Waals surface area contributed by atoms with Crippen LogP contribution in [0, 0.1) is 5.92 Å². The summed E-state index contributed by atoms with van der Waals surface area (Å²) in [6.45, 7) is 5.43. The molecule has 124 valence electrons. The second-order valence-corrected chi connectivity index (χ2v) is 6.35. The Morgan fingerprint density at radius 3 is 2.45 bits per heavy atom. The van der Waals surface area contributed by atoms with Gasteiger partial charge in [-0.1, -0.05) is 26.7 Å². The first-order valence-electron chi connectivity index (χ1n) is 8.40. The molecule has 4 nitrogen and oxygen atoms in total. The summed E-state index contributed by atoms with van der Waals surface area (Å²) in [6.07, 6.45) is 6.07. The van der Waals surface area contributed by atoms with Gasteiger partial charge in [0.25, 0.3) is 0 Å². The molecule has 4 heteroatoms. The fourth-order valence-corrected chi connectivity index (χ4v) is 2.91. The zero-order chi connectivity index (χ0) is 16.1. The molecule has 1 atom stereocenters. The van der Waals surface area contributed by atoms with Crippen molar-refractivity contribution >= 4 is 11.4 Å². The lowest BCUT2D eigenvalue weighted by Gasteiger charge is -2.29. The summed E-state index contributed by atoms with van der Waals surface area (Å²) in [7, 11) is 3.34. The molecule has 0 heterocycles. The minimum Gasteiger partial charge on any atom is -0.492 e. The van der Waals surface area contributed by atoms with Crippen LogP contribution in [0.1, 0.15) is 57.4 Å². The first kappa shape index (κ1) is 16.8. The van der Waals surface area contributed by atoms with Gasteiger partial charge < -0.3 is 20.5 Å². The second-order valence-electron chi connectivity index (χ2n) is 6.35. The molecular weight excluding hydrogens is 276 g/mol. The Morgan fingerprint density at radius 1 is 1.27 bits per heavy atom. The monoisotopic (exact) mass is 306 g/mol. The Labute approximate surface area is 134 Å². The smallest absolute Gasteiger partial charge is 0.186 e. The van der Waals surface area contributed by atoms with Gasteiger partial charge in [-0.05, 0) is 37.2 Å². The topological polar surface area (TPSA) is 56.5 Å². The Kier molecular flexibility index (Phi) is 5.81. The van der Waals surface area contributed by atoms with E-state index in [2.05, 4.69) is 25.2 Å². The Morgan fingerprint density at radius 2 is 1.95 bits per heavy atom. The maximum absolute atomic E-state index is 6.28. The van der Waals surface area contributed by atoms with E-state index < -0.39 is 0 Å². The van der Waals surface area contributed by atoms with Gasteiger partial charge in [0.2, 0.25) is 0 Å². The molecule has 22 heavy (non-hydrogen) atoms. The van der Waals surface area contributed by atoms with Crippen LogP contribution in [-0.2, 0) is 0 Å². The minimum absolute atomic E-state index is 0.569. The molecule has 1 aromatic rings. The van der Waals surface area contributed by atoms with Crippen LogP contribution in [0.5, 0.6) is 11.5 Å². The first-order chi connectivity index (χ1) is 10.6. The van der Waals surface area contributed by atoms with Gasteiger partial charge in [0, 0.05) is 12.1 Å². The summed E-state index contributed by atoms with van der Waals surface area (Å²) < 4.78 is 11.1. The molecule has 1 aromatic carbocycles. The molecule has 3 N–H and O–H groups in total. The maximum Gasteiger partial charge on any atom is 0.186 e. The molecule has 1 fully saturated rings. The van der Waals surface area contributed by atoms with Crippen LogP contribution in [-0.4, -0.2) is 20.8 Å². The van der Waals surface area contributed by atoms with Crippen molar-refractivity contribution in [3.63, 3.8) is 0 Å². The zero-order valence-corrected chi connectivity index (χ0v) is 14.4. The van der Waals surface area contributed by atoms with Crippen molar-refractivity contribution < 1.29 is 9.47 Å². The molecule has 2 rings (SSSR count). The molecule has 0 bridgehead atoms. The summed E-state index contributed by atoms with van der Waals surface area (Å²) in [6, 6.07) is 2.16. The van der Waals surface area contributed by atoms with Gasteiger partial charge in [-0.2, -0.15) is 0 Å². The Balaban J connectivity index is 2.24. The number of hydrogen-bond donors (Lipinski definition) is 2. The van der Waals surface area contributed by atoms with Crippen molar-refractivity contribution in [1.29, 1.82) is 0 Å². The molecule has 0 aromatic heterocycles. The number of ether oxygens (including phenoxy) is 2. The van der Waals surface area contributed by atoms with E-state index in [1.54, 1.807) is 14.2 Å². The highest BCUT2D eigenvalue weighted by atomic mass is 16.5. The van der Waals surface area contributed by atoms with Crippen LogP contribution in [0.4, 0.5) is 11.4 Å². The van der Waals surface area contributed by atoms with E-state index in [1.165, 1.54) is 31.2 Å². The maximum atomic E-state index is 6.28. The van der Waals surface area contributed by atoms with Crippen molar-refractivity contribution in [2.75, 3.05) is 31.8 Å². The van der Waals surface area contributed by atoms with Crippen LogP contribution in [0.2, 0.25) is 0 Å². The normalized spacial score (nSPS) is 16.0. The number of benzene rings is 1. The fraction of sp³-hybridized carbons (Fsp3) is 0.667. The number of anilines is 2. The number of rotatable bonds is 8. The van der Waals surface area contributed by atoms with E-state index >= 15 is 0 Å². The summed E-state index contributed by atoms with van der Waals surface area (Å²) >= 11 is 0. The number of nitrogens with one attached hydrogen (secondary N) is 1. The molecule has 0 saturated heterocycles. The van der Waals surface area contributed by atoms with E-state index in [-0.39, 0.29) is 0 Å². The third-order valence-electron chi connectivity index (χ3n) is 4.91. The predicted octanol–water partition coefficient (Wildman–Crippen LogP) is 4.40. The van der Waals surface area contributed by atoms with Crippen LogP contribution in [0.25, 0.3) is 0 Å². The number of nitrogens with two attached hydrogens (primary N) is 1. The van der Waals surface area contributed by atoms with Gasteiger partial charge in [-0.3, -0.25) is 0 Å². The van der Waals surface area contributed by atoms with Crippen molar-refractivity contribution in [2.24, 2.45) is 5.92 Å². The number of methoxy groups -OCH3 is 2. The highest BCUT2D eigenvalue weighted by Gasteiger charge is 2.27. The van der Waals surface area contributed by atoms with E-state index in [0.29, 0.717) is 17.4 Å². The average molecular weight is 306 g/mol. The van der Waals surface area contributed by atoms with E-state index in [0.717, 1.165) is 30.3 Å². The van der Waals surface area contributed by atoms with Gasteiger partial charge in [0.1, 0.15) is 5.69 Å². The van der Waals surface area contributed by atoms with Crippen molar-refractivity contribution in [2.45, 2.75) is 51.9 Å². The molecule has 1 saturated carbocycles. The zero-order valence-electron chi connectivity index (χ0n) is 14.4. The molecule has 1 aliphatic rings. The molecule has 0 spiro atoms. The standard InChI is InChI=1S/C18H30N2O2/c1-5-12(2)9-10-20-15-11-14(13-7-6-8-13)17(21-3)18(22-4)16(15)19/h11-13,20H,5-10,19H2,1-4H3. The van der Waals surface area contributed by atoms with Crippen LogP contribution < -0.4 is 20.5 Å². The SMILES string of the molecule is CCC(C)CCNc1cc(C2CCC2)c(OC)c(OC)c1N. The summed E-state index contributed by atoms with van der Waals surface area (Å²) in [5.41, 5.74) is 9.13. The fourth-order valence-electron chi connectivity index (χ4n) is 2.91. The quantitative estimate of drug-likeness (QED) is 0.699. The summed E-state index contributed by atoms with van der Waals surface area (Å²) in [5, 5.41) is 3.49. The lowest BCUT2D eigenvalue weighted by Crippen LogP contribution is -2.14. The van der Waals surface area contributed by atoms with Crippen molar-refractivity contribution in [3.8, 4) is 11.5 Å². The second kappa shape index (κ2) is 7.61. The van der Waals surface area contributed by atoms with Crippen LogP contribution in [0.15, 0.2) is 6.07 Å². The third-order valence-corrected chi connectivity index (χ3v) is 4.91. The summed E-state index contributed by atoms with van der Waals surface area (Å²) in [4.78, 5) is 0. The van der Waals surface area contributed by atoms with Gasteiger partial charge in [0.15, 0.2) is 11.5 Å². The molecule has 0 radical (unpaired) electrons. The highest BCUT2D eigenvalue weighted by molar-refractivity contribution is 5.79. The Hall–Kier alpha value is -1.58. The van der Waals surface area contributed by atoms with Gasteiger partial charge >= 0.3 is 0 Å². The molecular formula is C18H30N2O2. The molecule has 0 amide bonds. The predicted molar refractivity (Wildman–Crippen MR) is 93.1 cm³/mol. The van der Waals surface area contributed by atoms with Gasteiger partial charge in [0.05, 0.1) is 19.9 Å². The van der Waals surface area contributed by atoms with Gasteiger partial charge in [-0.15, -0.1) is 0 Å². The lowest BCUT2D eigenvalue weighted by atomic mass is 9.79. The molecule has 1 aliphatic carbocycles. The van der Waals surface area contributed by atoms with Crippen molar-refractivity contribution in [3.05, 3.63) is 11.6 Å². The largest absolute Gasteiger partial charge is 0.492 e. The van der Waals surface area contributed by atoms with E-state index in [9.17, 15) is 0 Å². The number of nitrogen functional groups attached to an aromatic ring is 1. The molecule has 1 unspecified atom stereocenters. The van der Waals surface area contributed by atoms with E-state index in [4.69, 9.17) is 15.2 Å². The van der Waals surface area contributed by atoms with Crippen LogP contribution in [0.3, 0.4) is 0 Å². The van der Waals surface area contributed by atoms with E-state index in [1.807, 2.05) is 0 Å². The first-order valence-corrected chi connectivity index (χ1v) is 8.40. The van der Waals surface area contributed by atoms with Gasteiger partial charge in [-0.25, -0.2) is 0 Å². The van der Waals surface area contributed by atoms with Crippen molar-refractivity contribution in [1.82, 2.24) is 0 Å². The number of hydrogen-bond acceptors (Lipinski definition) is 4. The third kappa shape index (κ3) is 3.42. The summed E-state index contributed by atoms with van der Waals surface area (Å²) in [5.74, 6) is 2.76. The highest BCUT2D eigenvalue weighted by Crippen LogP contribution is 2.49. The molecule has 0 aliphatic heterocycles.